The van der Waals surface area contributed by atoms with Gasteiger partial charge in [0.1, 0.15) is 0 Å². The van der Waals surface area contributed by atoms with Crippen LogP contribution in [0, 0.1) is 0 Å². The predicted molar refractivity (Wildman–Crippen MR) is 295 cm³/mol. The quantitative estimate of drug-likeness (QED) is 0.101. The van der Waals surface area contributed by atoms with E-state index in [1.54, 1.807) is 24.3 Å². The molecule has 3 heteroatoms. The lowest BCUT2D eigenvalue weighted by molar-refractivity contribution is 1.17. The first-order valence-corrected chi connectivity index (χ1v) is 24.7. The summed E-state index contributed by atoms with van der Waals surface area (Å²) in [5.74, 6) is 0. The Morgan fingerprint density at radius 3 is 1.41 bits per heavy atom. The molecule has 0 spiro atoms. The third-order valence-electron chi connectivity index (χ3n) is 13.3. The largest absolute Gasteiger partial charge is 0.309 e. The van der Waals surface area contributed by atoms with Gasteiger partial charge < -0.3 is 9.13 Å². The van der Waals surface area contributed by atoms with Crippen molar-refractivity contribution in [1.82, 2.24) is 9.13 Å². The second-order valence-corrected chi connectivity index (χ2v) is 20.8. The van der Waals surface area contributed by atoms with E-state index in [1.165, 1.54) is 9.13 Å². The first-order chi connectivity index (χ1) is 40.1. The monoisotopic (exact) mass is 908 g/mol. The first kappa shape index (κ1) is 28.4. The summed E-state index contributed by atoms with van der Waals surface area (Å²) >= 11 is 0. The molecule has 69 heavy (non-hydrogen) atoms. The SMILES string of the molecule is [2H]c1c([2H])c([2H])c2c(c1[2H])c1c(-n3c4c([2H])c([2H])c([2H])c([2H])c4c4c(-c5cccc(-c6ccccc6)c5)c([2H])c([2H])c([2H])c43)c([2H])c([2H])c([2H])c1n2-c1cccc([Si](c2ccccc2)(c2ccccc2)c2cccc(-c3ccccc3)c2)c1. The van der Waals surface area contributed by atoms with Gasteiger partial charge in [-0.25, -0.2) is 0 Å². The molecule has 2 aromatic heterocycles. The number of fused-ring (bicyclic) bond motifs is 6. The van der Waals surface area contributed by atoms with Crippen LogP contribution in [0.25, 0.3) is 88.4 Å². The topological polar surface area (TPSA) is 9.86 Å². The van der Waals surface area contributed by atoms with Gasteiger partial charge in [-0.1, -0.05) is 230 Å². The van der Waals surface area contributed by atoms with E-state index in [1.807, 2.05) is 109 Å². The van der Waals surface area contributed by atoms with E-state index in [-0.39, 0.29) is 54.9 Å². The highest BCUT2D eigenvalue weighted by Gasteiger charge is 2.42. The van der Waals surface area contributed by atoms with Crippen molar-refractivity contribution in [2.24, 2.45) is 0 Å². The Labute approximate surface area is 423 Å². The Balaban J connectivity index is 1.20. The van der Waals surface area contributed by atoms with Crippen molar-refractivity contribution in [3.63, 3.8) is 0 Å². The summed E-state index contributed by atoms with van der Waals surface area (Å²) < 4.78 is 137. The van der Waals surface area contributed by atoms with Gasteiger partial charge in [-0.2, -0.15) is 0 Å². The average Bonchev–Trinajstić information content (AvgIpc) is 1.63. The lowest BCUT2D eigenvalue weighted by Gasteiger charge is -2.35. The second-order valence-electron chi connectivity index (χ2n) is 17.0. The van der Waals surface area contributed by atoms with Gasteiger partial charge in [0.15, 0.2) is 8.07 Å². The normalized spacial score (nSPS) is 14.6. The molecule has 0 unspecified atom stereocenters. The highest BCUT2D eigenvalue weighted by Crippen LogP contribution is 2.43. The Bertz CT molecular complexity index is 4800. The molecular formula is C66H46N2Si. The van der Waals surface area contributed by atoms with Crippen molar-refractivity contribution >= 4 is 72.4 Å². The van der Waals surface area contributed by atoms with E-state index in [4.69, 9.17) is 2.74 Å². The fourth-order valence-electron chi connectivity index (χ4n) is 10.3. The summed E-state index contributed by atoms with van der Waals surface area (Å²) in [6, 6.07) is 55.2. The van der Waals surface area contributed by atoms with E-state index in [9.17, 15) is 16.4 Å². The molecule has 0 radical (unpaired) electrons. The van der Waals surface area contributed by atoms with Crippen LogP contribution >= 0.6 is 0 Å². The van der Waals surface area contributed by atoms with E-state index < -0.39 is 92.7 Å². The molecule has 0 N–H and O–H groups in total. The molecule has 0 fully saturated rings. The smallest absolute Gasteiger partial charge is 0.179 e. The number of para-hydroxylation sites is 2. The second kappa shape index (κ2) is 16.8. The molecule has 13 aromatic rings. The number of benzene rings is 11. The van der Waals surface area contributed by atoms with Gasteiger partial charge in [0.2, 0.25) is 0 Å². The van der Waals surface area contributed by atoms with Gasteiger partial charge in [-0.05, 0) is 103 Å². The zero-order valence-electron chi connectivity index (χ0n) is 50.9. The molecule has 0 aliphatic heterocycles. The van der Waals surface area contributed by atoms with Crippen LogP contribution in [0.4, 0.5) is 0 Å². The minimum atomic E-state index is -3.44. The Morgan fingerprint density at radius 2 is 0.754 bits per heavy atom. The molecule has 2 heterocycles. The molecule has 0 amide bonds. The van der Waals surface area contributed by atoms with Gasteiger partial charge in [0, 0.05) is 27.2 Å². The van der Waals surface area contributed by atoms with Crippen LogP contribution in [0.3, 0.4) is 0 Å². The lowest BCUT2D eigenvalue weighted by Crippen LogP contribution is -2.74. The number of hydrogen-bond acceptors (Lipinski definition) is 0. The molecular weight excluding hydrogens is 849 g/mol. The molecule has 0 saturated heterocycles. The molecule has 0 atom stereocenters. The zero-order chi connectivity index (χ0) is 57.9. The third kappa shape index (κ3) is 6.62. The maximum atomic E-state index is 10.0. The standard InChI is InChI=1S/C66H46N2Si/c1-5-22-47(23-6-1)49-26-17-28-51(44-49)57-38-20-41-62-65(57)58-36-13-16-40-61(58)68(62)64-43-21-42-63-66(64)59-37-14-15-39-60(59)67(63)52-29-19-35-56(46-52)69(53-30-9-3-10-31-53,54-32-11-4-12-33-54)55-34-18-27-50(45-55)48-24-7-2-8-25-48/h1-46H/i13D,14D,15D,16D,20D,21D,36D,37D,38D,39D,40D,41D,42D,43D. The van der Waals surface area contributed by atoms with Crippen molar-refractivity contribution in [2.75, 3.05) is 0 Å². The maximum absolute atomic E-state index is 10.0. The van der Waals surface area contributed by atoms with E-state index in [0.29, 0.717) is 11.3 Å². The summed E-state index contributed by atoms with van der Waals surface area (Å²) in [6.07, 6.45) is 0. The van der Waals surface area contributed by atoms with E-state index >= 15 is 0 Å². The summed E-state index contributed by atoms with van der Waals surface area (Å²) in [6.45, 7) is 0. The van der Waals surface area contributed by atoms with Gasteiger partial charge in [0.25, 0.3) is 0 Å². The van der Waals surface area contributed by atoms with Crippen molar-refractivity contribution in [3.8, 4) is 44.8 Å². The van der Waals surface area contributed by atoms with Crippen molar-refractivity contribution < 1.29 is 19.2 Å². The fourth-order valence-corrected chi connectivity index (χ4v) is 15.1. The molecule has 0 saturated carbocycles. The Morgan fingerprint density at radius 1 is 0.304 bits per heavy atom. The highest BCUT2D eigenvalue weighted by atomic mass is 28.3. The number of nitrogens with zero attached hydrogens (tertiary/aromatic N) is 2. The minimum absolute atomic E-state index is 0.00459. The Kier molecular flexibility index (Phi) is 6.94. The summed E-state index contributed by atoms with van der Waals surface area (Å²) in [5, 5.41) is 3.53. The van der Waals surface area contributed by atoms with Crippen LogP contribution in [0.2, 0.25) is 0 Å². The van der Waals surface area contributed by atoms with Crippen LogP contribution in [0.5, 0.6) is 0 Å². The number of hydrogen-bond donors (Lipinski definition) is 0. The van der Waals surface area contributed by atoms with Crippen LogP contribution in [-0.2, 0) is 0 Å². The number of rotatable bonds is 9. The van der Waals surface area contributed by atoms with E-state index in [0.717, 1.165) is 43.0 Å². The summed E-state index contributed by atoms with van der Waals surface area (Å²) in [5.41, 5.74) is 3.41. The minimum Gasteiger partial charge on any atom is -0.309 e. The first-order valence-electron chi connectivity index (χ1n) is 29.7. The third-order valence-corrected chi connectivity index (χ3v) is 18.0. The number of aromatic nitrogens is 2. The zero-order valence-corrected chi connectivity index (χ0v) is 37.9. The molecule has 0 bridgehead atoms. The average molecular weight is 909 g/mol. The lowest BCUT2D eigenvalue weighted by atomic mass is 9.96. The van der Waals surface area contributed by atoms with Crippen molar-refractivity contribution in [1.29, 1.82) is 0 Å². The van der Waals surface area contributed by atoms with Crippen molar-refractivity contribution in [2.45, 2.75) is 0 Å². The van der Waals surface area contributed by atoms with E-state index in [2.05, 4.69) is 60.7 Å². The highest BCUT2D eigenvalue weighted by molar-refractivity contribution is 7.20. The van der Waals surface area contributed by atoms with Crippen LogP contribution in [0.1, 0.15) is 19.2 Å². The molecule has 324 valence electrons. The van der Waals surface area contributed by atoms with Gasteiger partial charge >= 0.3 is 0 Å². The fraction of sp³-hybridized carbons (Fsp3) is 0. The summed E-state index contributed by atoms with van der Waals surface area (Å²) in [7, 11) is -3.44. The molecule has 11 aromatic carbocycles. The predicted octanol–water partition coefficient (Wildman–Crippen LogP) is 14.3. The summed E-state index contributed by atoms with van der Waals surface area (Å²) in [4.78, 5) is 0. The van der Waals surface area contributed by atoms with Crippen LogP contribution in [0.15, 0.2) is 279 Å². The van der Waals surface area contributed by atoms with Crippen molar-refractivity contribution in [3.05, 3.63) is 279 Å². The van der Waals surface area contributed by atoms with Crippen LogP contribution < -0.4 is 20.7 Å². The molecule has 0 aliphatic rings. The Hall–Kier alpha value is -8.76. The van der Waals surface area contributed by atoms with Gasteiger partial charge in [0.05, 0.1) is 46.9 Å². The van der Waals surface area contributed by atoms with Gasteiger partial charge in [-0.15, -0.1) is 0 Å². The molecule has 0 aliphatic carbocycles. The van der Waals surface area contributed by atoms with Crippen LogP contribution in [-0.4, -0.2) is 17.2 Å². The molecule has 2 nitrogen and oxygen atoms in total. The maximum Gasteiger partial charge on any atom is 0.179 e. The van der Waals surface area contributed by atoms with Gasteiger partial charge in [-0.3, -0.25) is 0 Å². The molecule has 13 rings (SSSR count).